The molecule has 2 aromatic rings. The number of anilines is 1. The van der Waals surface area contributed by atoms with Crippen LogP contribution in [0.15, 0.2) is 48.5 Å². The monoisotopic (exact) mass is 384 g/mol. The lowest BCUT2D eigenvalue weighted by molar-refractivity contribution is -0.125. The molecule has 2 rings (SSSR count). The Kier molecular flexibility index (Phi) is 5.89. The van der Waals surface area contributed by atoms with Crippen LogP contribution in [0.3, 0.4) is 0 Å². The summed E-state index contributed by atoms with van der Waals surface area (Å²) in [5, 5.41) is 10.2. The van der Waals surface area contributed by atoms with Gasteiger partial charge in [0.2, 0.25) is 15.9 Å². The van der Waals surface area contributed by atoms with Crippen molar-refractivity contribution in [3.05, 3.63) is 53.6 Å². The molecule has 0 aliphatic carbocycles. The molecule has 0 saturated carbocycles. The molecule has 7 nitrogen and oxygen atoms in total. The Morgan fingerprint density at radius 1 is 1.16 bits per heavy atom. The Bertz CT molecular complexity index is 838. The number of aliphatic hydroxyl groups excluding tert-OH is 1. The lowest BCUT2D eigenvalue weighted by atomic mass is 10.2. The number of sulfonamides is 1. The van der Waals surface area contributed by atoms with Crippen molar-refractivity contribution >= 4 is 33.2 Å². The molecule has 9 heteroatoms. The summed E-state index contributed by atoms with van der Waals surface area (Å²) in [7, 11) is -3.71. The minimum atomic E-state index is -3.71. The first-order valence-electron chi connectivity index (χ1n) is 7.15. The Hall–Kier alpha value is -2.29. The second-order valence-corrected chi connectivity index (χ2v) is 7.61. The average molecular weight is 385 g/mol. The number of benzene rings is 2. The Morgan fingerprint density at radius 3 is 2.08 bits per heavy atom. The molecular formula is C16H17ClN2O5S. The zero-order chi connectivity index (χ0) is 18.6. The first-order chi connectivity index (χ1) is 11.7. The third kappa shape index (κ3) is 5.35. The molecule has 0 heterocycles. The summed E-state index contributed by atoms with van der Waals surface area (Å²) >= 11 is 5.81. The first kappa shape index (κ1) is 19.0. The zero-order valence-corrected chi connectivity index (χ0v) is 14.9. The van der Waals surface area contributed by atoms with Gasteiger partial charge in [0.1, 0.15) is 11.5 Å². The van der Waals surface area contributed by atoms with E-state index < -0.39 is 28.6 Å². The zero-order valence-electron chi connectivity index (χ0n) is 13.3. The topological polar surface area (TPSA) is 110 Å². The van der Waals surface area contributed by atoms with Crippen LogP contribution >= 0.6 is 11.6 Å². The van der Waals surface area contributed by atoms with Crippen LogP contribution in [0.1, 0.15) is 0 Å². The molecule has 2 aromatic carbocycles. The summed E-state index contributed by atoms with van der Waals surface area (Å²) in [5.41, 5.74) is 5.26. The van der Waals surface area contributed by atoms with E-state index in [4.69, 9.17) is 22.1 Å². The van der Waals surface area contributed by atoms with Gasteiger partial charge in [0.05, 0.1) is 18.5 Å². The van der Waals surface area contributed by atoms with Crippen LogP contribution in [0.2, 0.25) is 5.02 Å². The van der Waals surface area contributed by atoms with Gasteiger partial charge in [-0.1, -0.05) is 11.6 Å². The van der Waals surface area contributed by atoms with E-state index in [9.17, 15) is 18.3 Å². The Morgan fingerprint density at radius 2 is 1.64 bits per heavy atom. The van der Waals surface area contributed by atoms with E-state index in [1.165, 1.54) is 12.1 Å². The lowest BCUT2D eigenvalue weighted by Crippen LogP contribution is -2.42. The van der Waals surface area contributed by atoms with Gasteiger partial charge in [-0.2, -0.15) is 0 Å². The van der Waals surface area contributed by atoms with Gasteiger partial charge in [-0.25, -0.2) is 8.42 Å². The molecule has 0 aromatic heterocycles. The number of nitrogens with zero attached hydrogens (tertiary/aromatic N) is 1. The number of hydrogen-bond acceptors (Lipinski definition) is 5. The van der Waals surface area contributed by atoms with E-state index in [1.54, 1.807) is 36.4 Å². The maximum Gasteiger partial charge on any atom is 0.248 e. The molecule has 0 saturated heterocycles. The molecule has 0 unspecified atom stereocenters. The van der Waals surface area contributed by atoms with Crippen LogP contribution in [0.4, 0.5) is 5.69 Å². The normalized spacial score (nSPS) is 12.4. The number of carbonyl (C=O) groups is 1. The van der Waals surface area contributed by atoms with Gasteiger partial charge in [0.25, 0.3) is 0 Å². The Labute approximate surface area is 150 Å². The summed E-state index contributed by atoms with van der Waals surface area (Å²) in [6.07, 6.45) is -0.640. The van der Waals surface area contributed by atoms with Crippen LogP contribution in [0.5, 0.6) is 11.5 Å². The molecule has 0 spiro atoms. The Balaban J connectivity index is 2.20. The number of carbonyl (C=O) groups excluding carboxylic acids is 1. The lowest BCUT2D eigenvalue weighted by Gasteiger charge is -2.24. The summed E-state index contributed by atoms with van der Waals surface area (Å²) in [4.78, 5) is 11.0. The van der Waals surface area contributed by atoms with Gasteiger partial charge >= 0.3 is 0 Å². The van der Waals surface area contributed by atoms with E-state index in [1.807, 2.05) is 0 Å². The van der Waals surface area contributed by atoms with Crippen molar-refractivity contribution in [1.29, 1.82) is 0 Å². The van der Waals surface area contributed by atoms with Gasteiger partial charge in [0.15, 0.2) is 6.10 Å². The minimum absolute atomic E-state index is 0.270. The van der Waals surface area contributed by atoms with Gasteiger partial charge in [-0.3, -0.25) is 9.10 Å². The van der Waals surface area contributed by atoms with Crippen LogP contribution in [0.25, 0.3) is 0 Å². The molecule has 0 radical (unpaired) electrons. The third-order valence-corrected chi connectivity index (χ3v) is 4.65. The summed E-state index contributed by atoms with van der Waals surface area (Å²) in [6, 6.07) is 12.9. The molecule has 3 N–H and O–H groups in total. The number of halogens is 1. The van der Waals surface area contributed by atoms with E-state index >= 15 is 0 Å². The van der Waals surface area contributed by atoms with Gasteiger partial charge in [-0.15, -0.1) is 0 Å². The average Bonchev–Trinajstić information content (AvgIpc) is 2.54. The minimum Gasteiger partial charge on any atom is -0.457 e. The second kappa shape index (κ2) is 7.73. The predicted octanol–water partition coefficient (Wildman–Crippen LogP) is 1.74. The van der Waals surface area contributed by atoms with Crippen LogP contribution < -0.4 is 14.8 Å². The van der Waals surface area contributed by atoms with Crippen LogP contribution in [0, 0.1) is 0 Å². The van der Waals surface area contributed by atoms with E-state index in [0.717, 1.165) is 10.6 Å². The number of hydrogen-bond donors (Lipinski definition) is 2. The number of aliphatic hydroxyl groups is 1. The molecule has 134 valence electrons. The number of rotatable bonds is 7. The fraction of sp³-hybridized carbons (Fsp3) is 0.188. The van der Waals surface area contributed by atoms with Gasteiger partial charge in [-0.05, 0) is 48.5 Å². The first-order valence-corrected chi connectivity index (χ1v) is 9.38. The van der Waals surface area contributed by atoms with Crippen molar-refractivity contribution in [3.8, 4) is 11.5 Å². The summed E-state index contributed by atoms with van der Waals surface area (Å²) in [6.45, 7) is -0.467. The van der Waals surface area contributed by atoms with Crippen molar-refractivity contribution in [1.82, 2.24) is 0 Å². The maximum atomic E-state index is 11.9. The standard InChI is InChI=1S/C16H17ClN2O5S/c1-25(22,23)19(10-15(20)16(18)21)12-4-8-14(9-5-12)24-13-6-2-11(17)3-7-13/h2-9,15,20H,10H2,1H3,(H2,18,21)/t15-/m0/s1. The summed E-state index contributed by atoms with van der Waals surface area (Å²) in [5.74, 6) is 0.0487. The molecule has 1 amide bonds. The molecule has 1 atom stereocenters. The van der Waals surface area contributed by atoms with E-state index in [0.29, 0.717) is 16.5 Å². The smallest absolute Gasteiger partial charge is 0.248 e. The second-order valence-electron chi connectivity index (χ2n) is 5.26. The van der Waals surface area contributed by atoms with Crippen LogP contribution in [-0.2, 0) is 14.8 Å². The van der Waals surface area contributed by atoms with Crippen molar-refractivity contribution in [2.45, 2.75) is 6.10 Å². The van der Waals surface area contributed by atoms with Gasteiger partial charge in [0, 0.05) is 5.02 Å². The quantitative estimate of drug-likeness (QED) is 0.755. The predicted molar refractivity (Wildman–Crippen MR) is 95.4 cm³/mol. The van der Waals surface area contributed by atoms with Crippen molar-refractivity contribution in [3.63, 3.8) is 0 Å². The number of amides is 1. The number of ether oxygens (including phenoxy) is 1. The van der Waals surface area contributed by atoms with Gasteiger partial charge < -0.3 is 15.6 Å². The van der Waals surface area contributed by atoms with Crippen molar-refractivity contribution < 1.29 is 23.1 Å². The SMILES string of the molecule is CS(=O)(=O)N(C[C@H](O)C(N)=O)c1ccc(Oc2ccc(Cl)cc2)cc1. The van der Waals surface area contributed by atoms with Crippen molar-refractivity contribution in [2.24, 2.45) is 5.73 Å². The maximum absolute atomic E-state index is 11.9. The van der Waals surface area contributed by atoms with E-state index in [2.05, 4.69) is 0 Å². The molecule has 25 heavy (non-hydrogen) atoms. The highest BCUT2D eigenvalue weighted by atomic mass is 35.5. The molecule has 0 bridgehead atoms. The van der Waals surface area contributed by atoms with Crippen LogP contribution in [-0.4, -0.2) is 38.3 Å². The fourth-order valence-electron chi connectivity index (χ4n) is 2.00. The number of primary amides is 1. The molecule has 0 aliphatic rings. The van der Waals surface area contributed by atoms with E-state index in [-0.39, 0.29) is 5.69 Å². The van der Waals surface area contributed by atoms with Crippen molar-refractivity contribution in [2.75, 3.05) is 17.1 Å². The molecule has 0 aliphatic heterocycles. The number of nitrogens with two attached hydrogens (primary N) is 1. The fourth-order valence-corrected chi connectivity index (χ4v) is 3.04. The molecular weight excluding hydrogens is 368 g/mol. The highest BCUT2D eigenvalue weighted by Gasteiger charge is 2.23. The largest absolute Gasteiger partial charge is 0.457 e. The molecule has 0 fully saturated rings. The third-order valence-electron chi connectivity index (χ3n) is 3.24. The highest BCUT2D eigenvalue weighted by molar-refractivity contribution is 7.92. The summed E-state index contributed by atoms with van der Waals surface area (Å²) < 4.78 is 30.4. The highest BCUT2D eigenvalue weighted by Crippen LogP contribution is 2.26.